The molecule has 2 aliphatic rings. The number of rotatable bonds is 8. The van der Waals surface area contributed by atoms with E-state index in [1.807, 2.05) is 91.4 Å². The highest BCUT2D eigenvalue weighted by Gasteiger charge is 2.29. The SMILES string of the molecule is O=C(OCc1ccccc1)N1CCC(n2ncc(-c3ccc4c(c3)CC/C4=N\OCc3ccccc3)c2-c2ccncc2)CC1. The van der Waals surface area contributed by atoms with Crippen LogP contribution in [0.3, 0.4) is 0 Å². The van der Waals surface area contributed by atoms with Gasteiger partial charge < -0.3 is 14.5 Å². The number of fused-ring (bicyclic) bond motifs is 1. The minimum Gasteiger partial charge on any atom is -0.445 e. The van der Waals surface area contributed by atoms with E-state index in [0.29, 0.717) is 19.7 Å². The van der Waals surface area contributed by atoms with Crippen LogP contribution in [0.15, 0.2) is 115 Å². The van der Waals surface area contributed by atoms with Gasteiger partial charge in [0.25, 0.3) is 0 Å². The fourth-order valence-corrected chi connectivity index (χ4v) is 6.24. The summed E-state index contributed by atoms with van der Waals surface area (Å²) in [6.45, 7) is 1.98. The van der Waals surface area contributed by atoms with Crippen LogP contribution in [0.25, 0.3) is 22.4 Å². The number of nitrogens with zero attached hydrogens (tertiary/aromatic N) is 5. The fraction of sp³-hybridized carbons (Fsp3) is 0.243. The molecule has 1 fully saturated rings. The van der Waals surface area contributed by atoms with Crippen molar-refractivity contribution in [1.82, 2.24) is 19.7 Å². The molecule has 1 aliphatic carbocycles. The second-order valence-corrected chi connectivity index (χ2v) is 11.5. The highest BCUT2D eigenvalue weighted by molar-refractivity contribution is 6.04. The number of amides is 1. The summed E-state index contributed by atoms with van der Waals surface area (Å²) in [6.07, 6.45) is 8.74. The molecule has 0 spiro atoms. The molecule has 1 amide bonds. The molecule has 0 unspecified atom stereocenters. The molecular formula is C37H35N5O3. The number of likely N-dealkylation sites (tertiary alicyclic amines) is 1. The van der Waals surface area contributed by atoms with Crippen molar-refractivity contribution in [3.05, 3.63) is 132 Å². The Bertz CT molecular complexity index is 1780. The molecule has 5 aromatic rings. The normalized spacial score (nSPS) is 15.6. The lowest BCUT2D eigenvalue weighted by molar-refractivity contribution is 0.0823. The van der Waals surface area contributed by atoms with Gasteiger partial charge in [0.15, 0.2) is 0 Å². The first-order valence-electron chi connectivity index (χ1n) is 15.5. The summed E-state index contributed by atoms with van der Waals surface area (Å²) < 4.78 is 7.74. The minimum absolute atomic E-state index is 0.162. The van der Waals surface area contributed by atoms with Crippen LogP contribution < -0.4 is 0 Å². The third kappa shape index (κ3) is 6.36. The van der Waals surface area contributed by atoms with E-state index < -0.39 is 0 Å². The number of hydrogen-bond acceptors (Lipinski definition) is 6. The molecule has 7 rings (SSSR count). The number of aromatic nitrogens is 3. The van der Waals surface area contributed by atoms with Crippen molar-refractivity contribution in [3.63, 3.8) is 0 Å². The van der Waals surface area contributed by atoms with E-state index in [2.05, 4.69) is 33.0 Å². The van der Waals surface area contributed by atoms with Crippen molar-refractivity contribution in [3.8, 4) is 22.4 Å². The van der Waals surface area contributed by atoms with Crippen LogP contribution in [0.2, 0.25) is 0 Å². The molecule has 8 heteroatoms. The van der Waals surface area contributed by atoms with E-state index in [1.54, 1.807) is 4.90 Å². The number of piperidine rings is 1. The van der Waals surface area contributed by atoms with Crippen LogP contribution >= 0.6 is 0 Å². The number of carbonyl (C=O) groups excluding carboxylic acids is 1. The van der Waals surface area contributed by atoms with Crippen molar-refractivity contribution < 1.29 is 14.4 Å². The zero-order valence-corrected chi connectivity index (χ0v) is 25.1. The van der Waals surface area contributed by atoms with Crippen molar-refractivity contribution >= 4 is 11.8 Å². The third-order valence-corrected chi connectivity index (χ3v) is 8.63. The smallest absolute Gasteiger partial charge is 0.410 e. The van der Waals surface area contributed by atoms with Gasteiger partial charge in [0.2, 0.25) is 0 Å². The van der Waals surface area contributed by atoms with Crippen LogP contribution in [0.1, 0.15) is 47.6 Å². The summed E-state index contributed by atoms with van der Waals surface area (Å²) in [5.41, 5.74) is 9.84. The average molecular weight is 598 g/mol. The summed E-state index contributed by atoms with van der Waals surface area (Å²) in [5.74, 6) is 0. The van der Waals surface area contributed by atoms with Gasteiger partial charge in [-0.05, 0) is 60.1 Å². The van der Waals surface area contributed by atoms with Crippen molar-refractivity contribution in [2.24, 2.45) is 5.16 Å². The van der Waals surface area contributed by atoms with Gasteiger partial charge >= 0.3 is 6.09 Å². The second-order valence-electron chi connectivity index (χ2n) is 11.5. The van der Waals surface area contributed by atoms with E-state index >= 15 is 0 Å². The lowest BCUT2D eigenvalue weighted by Crippen LogP contribution is -2.39. The summed E-state index contributed by atoms with van der Waals surface area (Å²) in [7, 11) is 0. The lowest BCUT2D eigenvalue weighted by Gasteiger charge is -2.32. The van der Waals surface area contributed by atoms with Crippen LogP contribution in [0.5, 0.6) is 0 Å². The maximum Gasteiger partial charge on any atom is 0.410 e. The molecule has 45 heavy (non-hydrogen) atoms. The molecule has 3 aromatic carbocycles. The van der Waals surface area contributed by atoms with Crippen LogP contribution in [0, 0.1) is 0 Å². The van der Waals surface area contributed by atoms with Crippen LogP contribution in [-0.2, 0) is 29.2 Å². The molecular weight excluding hydrogens is 562 g/mol. The Morgan fingerprint density at radius 3 is 2.24 bits per heavy atom. The maximum atomic E-state index is 12.8. The van der Waals surface area contributed by atoms with Crippen molar-refractivity contribution in [1.29, 1.82) is 0 Å². The predicted octanol–water partition coefficient (Wildman–Crippen LogP) is 7.45. The minimum atomic E-state index is -0.265. The zero-order valence-electron chi connectivity index (χ0n) is 25.1. The van der Waals surface area contributed by atoms with Crippen LogP contribution in [-0.4, -0.2) is 44.6 Å². The molecule has 0 N–H and O–H groups in total. The van der Waals surface area contributed by atoms with Gasteiger partial charge in [-0.3, -0.25) is 9.67 Å². The summed E-state index contributed by atoms with van der Waals surface area (Å²) in [5, 5.41) is 9.43. The van der Waals surface area contributed by atoms with E-state index in [4.69, 9.17) is 14.7 Å². The Balaban J connectivity index is 1.08. The number of carbonyl (C=O) groups is 1. The predicted molar refractivity (Wildman–Crippen MR) is 173 cm³/mol. The summed E-state index contributed by atoms with van der Waals surface area (Å²) in [6, 6.07) is 30.7. The standard InChI is InChI=1S/C37H35N5O3/c43-37(44-25-27-7-3-1-4-8-27)41-21-17-32(18-22-41)42-36(29-15-19-38-20-16-29)34(24-39-42)31-11-13-33-30(23-31)12-14-35(33)40-45-26-28-9-5-2-6-10-28/h1-11,13,15-16,19-20,23-24,32H,12,14,17-18,21-22,25-26H2/b40-35+. The quantitative estimate of drug-likeness (QED) is 0.174. The number of hydrogen-bond donors (Lipinski definition) is 0. The molecule has 2 aromatic heterocycles. The van der Waals surface area contributed by atoms with E-state index in [0.717, 1.165) is 70.5 Å². The van der Waals surface area contributed by atoms with Gasteiger partial charge in [0.1, 0.15) is 13.2 Å². The number of oxime groups is 1. The Morgan fingerprint density at radius 1 is 0.800 bits per heavy atom. The van der Waals surface area contributed by atoms with Gasteiger partial charge in [-0.15, -0.1) is 0 Å². The Kier molecular flexibility index (Phi) is 8.35. The topological polar surface area (TPSA) is 81.8 Å². The van der Waals surface area contributed by atoms with Gasteiger partial charge in [0.05, 0.1) is 23.6 Å². The summed E-state index contributed by atoms with van der Waals surface area (Å²) in [4.78, 5) is 24.6. The first-order chi connectivity index (χ1) is 22.2. The molecule has 0 saturated carbocycles. The molecule has 1 aliphatic heterocycles. The molecule has 1 saturated heterocycles. The van der Waals surface area contributed by atoms with Gasteiger partial charge in [-0.1, -0.05) is 84.0 Å². The monoisotopic (exact) mass is 597 g/mol. The Morgan fingerprint density at radius 2 is 1.51 bits per heavy atom. The summed E-state index contributed by atoms with van der Waals surface area (Å²) >= 11 is 0. The first-order valence-corrected chi connectivity index (χ1v) is 15.5. The third-order valence-electron chi connectivity index (χ3n) is 8.63. The average Bonchev–Trinajstić information content (AvgIpc) is 3.73. The number of ether oxygens (including phenoxy) is 1. The lowest BCUT2D eigenvalue weighted by atomic mass is 9.97. The molecule has 3 heterocycles. The molecule has 226 valence electrons. The number of benzene rings is 3. The Hall–Kier alpha value is -5.24. The van der Waals surface area contributed by atoms with Gasteiger partial charge in [-0.2, -0.15) is 5.10 Å². The van der Waals surface area contributed by atoms with Gasteiger partial charge in [-0.25, -0.2) is 4.79 Å². The highest BCUT2D eigenvalue weighted by atomic mass is 16.6. The number of pyridine rings is 1. The fourth-order valence-electron chi connectivity index (χ4n) is 6.24. The van der Waals surface area contributed by atoms with Crippen molar-refractivity contribution in [2.45, 2.75) is 44.9 Å². The molecule has 8 nitrogen and oxygen atoms in total. The molecule has 0 radical (unpaired) electrons. The largest absolute Gasteiger partial charge is 0.445 e. The number of aryl methyl sites for hydroxylation is 1. The highest BCUT2D eigenvalue weighted by Crippen LogP contribution is 2.38. The zero-order chi connectivity index (χ0) is 30.4. The van der Waals surface area contributed by atoms with E-state index in [9.17, 15) is 4.79 Å². The maximum absolute atomic E-state index is 12.8. The second kappa shape index (κ2) is 13.2. The van der Waals surface area contributed by atoms with Crippen LogP contribution in [0.4, 0.5) is 4.79 Å². The first kappa shape index (κ1) is 28.5. The Labute approximate surface area is 262 Å². The molecule has 0 atom stereocenters. The van der Waals surface area contributed by atoms with E-state index in [-0.39, 0.29) is 18.7 Å². The molecule has 0 bridgehead atoms. The van der Waals surface area contributed by atoms with Gasteiger partial charge in [0, 0.05) is 42.2 Å². The van der Waals surface area contributed by atoms with Crippen molar-refractivity contribution in [2.75, 3.05) is 13.1 Å². The van der Waals surface area contributed by atoms with E-state index in [1.165, 1.54) is 5.56 Å².